The highest BCUT2D eigenvalue weighted by atomic mass is 127. The molecule has 17 heavy (non-hydrogen) atoms. The van der Waals surface area contributed by atoms with E-state index in [1.165, 1.54) is 6.33 Å². The summed E-state index contributed by atoms with van der Waals surface area (Å²) in [4.78, 5) is 24.5. The summed E-state index contributed by atoms with van der Waals surface area (Å²) in [6, 6.07) is 0. The Bertz CT molecular complexity index is 580. The van der Waals surface area contributed by atoms with E-state index in [-0.39, 0.29) is 5.56 Å². The van der Waals surface area contributed by atoms with Crippen molar-refractivity contribution in [1.29, 1.82) is 0 Å². The first-order valence-corrected chi connectivity index (χ1v) is 6.89. The first-order valence-electron chi connectivity index (χ1n) is 4.93. The lowest BCUT2D eigenvalue weighted by atomic mass is 10.4. The van der Waals surface area contributed by atoms with Crippen LogP contribution in [0.15, 0.2) is 16.5 Å². The number of aromatic nitrogens is 3. The number of halogens is 1. The molecule has 2 aromatic rings. The van der Waals surface area contributed by atoms with E-state index in [4.69, 9.17) is 0 Å². The Morgan fingerprint density at radius 1 is 1.59 bits per heavy atom. The molecule has 5 nitrogen and oxygen atoms in total. The van der Waals surface area contributed by atoms with Crippen molar-refractivity contribution in [2.45, 2.75) is 13.5 Å². The minimum absolute atomic E-state index is 0.114. The summed E-state index contributed by atoms with van der Waals surface area (Å²) >= 11 is 3.62. The third-order valence-corrected chi connectivity index (χ3v) is 4.00. The Labute approximate surface area is 116 Å². The van der Waals surface area contributed by atoms with Gasteiger partial charge in [0.15, 0.2) is 0 Å². The van der Waals surface area contributed by atoms with Crippen LogP contribution in [0.4, 0.5) is 5.82 Å². The number of thiazole rings is 1. The van der Waals surface area contributed by atoms with Crippen molar-refractivity contribution in [1.82, 2.24) is 15.0 Å². The molecular formula is C10H11IN4OS. The molecule has 0 aliphatic rings. The number of nitrogens with zero attached hydrogens (tertiary/aromatic N) is 3. The largest absolute Gasteiger partial charge is 0.353 e. The number of aryl methyl sites for hydroxylation is 1. The van der Waals surface area contributed by atoms with E-state index in [1.807, 2.05) is 46.8 Å². The Hall–Kier alpha value is -0.960. The fourth-order valence-corrected chi connectivity index (χ4v) is 2.75. The second-order valence-corrected chi connectivity index (χ2v) is 5.72. The van der Waals surface area contributed by atoms with Crippen molar-refractivity contribution in [3.8, 4) is 0 Å². The standard InChI is InChI=1S/C10H11IN4OS/c1-6-14-7(4-17-6)3-15(2)9-8(11)10(16)13-5-12-9/h4-5H,3H2,1-2H3,(H,12,13,16). The lowest BCUT2D eigenvalue weighted by Gasteiger charge is -2.17. The van der Waals surface area contributed by atoms with Crippen LogP contribution < -0.4 is 10.5 Å². The maximum Gasteiger partial charge on any atom is 0.266 e. The molecule has 0 aromatic carbocycles. The lowest BCUT2D eigenvalue weighted by Crippen LogP contribution is -2.23. The molecule has 0 unspecified atom stereocenters. The molecule has 2 heterocycles. The van der Waals surface area contributed by atoms with Crippen LogP contribution in [-0.4, -0.2) is 22.0 Å². The minimum atomic E-state index is -0.114. The summed E-state index contributed by atoms with van der Waals surface area (Å²) in [5, 5.41) is 3.06. The van der Waals surface area contributed by atoms with Gasteiger partial charge in [-0.3, -0.25) is 4.79 Å². The third kappa shape index (κ3) is 2.83. The first kappa shape index (κ1) is 12.5. The second kappa shape index (κ2) is 5.13. The number of H-pyrrole nitrogens is 1. The van der Waals surface area contributed by atoms with E-state index in [1.54, 1.807) is 11.3 Å². The van der Waals surface area contributed by atoms with Gasteiger partial charge in [0.25, 0.3) is 5.56 Å². The zero-order valence-electron chi connectivity index (χ0n) is 9.40. The number of nitrogens with one attached hydrogen (secondary N) is 1. The maximum atomic E-state index is 11.5. The fourth-order valence-electron chi connectivity index (χ4n) is 1.44. The molecule has 0 amide bonds. The average Bonchev–Trinajstić information content (AvgIpc) is 2.68. The first-order chi connectivity index (χ1) is 8.08. The predicted octanol–water partition coefficient (Wildman–Crippen LogP) is 1.78. The molecule has 1 N–H and O–H groups in total. The number of hydrogen-bond acceptors (Lipinski definition) is 5. The van der Waals surface area contributed by atoms with Gasteiger partial charge in [-0.2, -0.15) is 0 Å². The van der Waals surface area contributed by atoms with Crippen LogP contribution >= 0.6 is 33.9 Å². The highest BCUT2D eigenvalue weighted by molar-refractivity contribution is 14.1. The zero-order valence-corrected chi connectivity index (χ0v) is 12.4. The van der Waals surface area contributed by atoms with Gasteiger partial charge in [0.2, 0.25) is 0 Å². The fraction of sp³-hybridized carbons (Fsp3) is 0.300. The van der Waals surface area contributed by atoms with Crippen LogP contribution in [0.25, 0.3) is 0 Å². The molecule has 0 aliphatic heterocycles. The summed E-state index contributed by atoms with van der Waals surface area (Å²) in [6.07, 6.45) is 1.42. The molecule has 0 saturated carbocycles. The molecule has 0 saturated heterocycles. The molecule has 2 aromatic heterocycles. The molecule has 2 rings (SSSR count). The number of hydrogen-bond donors (Lipinski definition) is 1. The van der Waals surface area contributed by atoms with Crippen LogP contribution in [0.5, 0.6) is 0 Å². The van der Waals surface area contributed by atoms with Crippen LogP contribution in [0, 0.1) is 10.5 Å². The van der Waals surface area contributed by atoms with E-state index >= 15 is 0 Å². The molecule has 0 atom stereocenters. The SMILES string of the molecule is Cc1nc(CN(C)c2nc[nH]c(=O)c2I)cs1. The molecule has 90 valence electrons. The van der Waals surface area contributed by atoms with Gasteiger partial charge in [-0.15, -0.1) is 11.3 Å². The monoisotopic (exact) mass is 362 g/mol. The van der Waals surface area contributed by atoms with E-state index in [2.05, 4.69) is 15.0 Å². The molecule has 0 fully saturated rings. The van der Waals surface area contributed by atoms with Gasteiger partial charge in [-0.1, -0.05) is 0 Å². The van der Waals surface area contributed by atoms with Gasteiger partial charge in [-0.05, 0) is 29.5 Å². The number of anilines is 1. The van der Waals surface area contributed by atoms with Gasteiger partial charge in [0, 0.05) is 12.4 Å². The van der Waals surface area contributed by atoms with Gasteiger partial charge >= 0.3 is 0 Å². The van der Waals surface area contributed by atoms with E-state index in [0.717, 1.165) is 10.7 Å². The highest BCUT2D eigenvalue weighted by Crippen LogP contribution is 2.17. The smallest absolute Gasteiger partial charge is 0.266 e. The molecule has 0 bridgehead atoms. The van der Waals surface area contributed by atoms with Crippen molar-refractivity contribution in [3.05, 3.63) is 36.3 Å². The van der Waals surface area contributed by atoms with Gasteiger partial charge in [0.1, 0.15) is 9.39 Å². The Morgan fingerprint density at radius 2 is 2.35 bits per heavy atom. The van der Waals surface area contributed by atoms with Crippen molar-refractivity contribution in [2.75, 3.05) is 11.9 Å². The molecule has 7 heteroatoms. The van der Waals surface area contributed by atoms with Gasteiger partial charge in [-0.25, -0.2) is 9.97 Å². The van der Waals surface area contributed by atoms with Gasteiger partial charge in [0.05, 0.1) is 23.6 Å². The second-order valence-electron chi connectivity index (χ2n) is 3.58. The Balaban J connectivity index is 2.23. The van der Waals surface area contributed by atoms with Gasteiger partial charge < -0.3 is 9.88 Å². The van der Waals surface area contributed by atoms with Crippen LogP contribution in [0.2, 0.25) is 0 Å². The lowest BCUT2D eigenvalue weighted by molar-refractivity contribution is 0.857. The number of aromatic amines is 1. The van der Waals surface area contributed by atoms with Crippen LogP contribution in [0.1, 0.15) is 10.7 Å². The van der Waals surface area contributed by atoms with E-state index in [0.29, 0.717) is 15.9 Å². The summed E-state index contributed by atoms with van der Waals surface area (Å²) in [6.45, 7) is 2.63. The predicted molar refractivity (Wildman–Crippen MR) is 76.5 cm³/mol. The number of rotatable bonds is 3. The molecule has 0 aliphatic carbocycles. The quantitative estimate of drug-likeness (QED) is 0.846. The Morgan fingerprint density at radius 3 is 3.00 bits per heavy atom. The van der Waals surface area contributed by atoms with Crippen molar-refractivity contribution in [2.24, 2.45) is 0 Å². The van der Waals surface area contributed by atoms with Crippen molar-refractivity contribution in [3.63, 3.8) is 0 Å². The topological polar surface area (TPSA) is 61.9 Å². The Kier molecular flexibility index (Phi) is 3.77. The highest BCUT2D eigenvalue weighted by Gasteiger charge is 2.11. The summed E-state index contributed by atoms with van der Waals surface area (Å²) < 4.78 is 0.597. The minimum Gasteiger partial charge on any atom is -0.353 e. The van der Waals surface area contributed by atoms with Crippen LogP contribution in [-0.2, 0) is 6.54 Å². The van der Waals surface area contributed by atoms with Crippen LogP contribution in [0.3, 0.4) is 0 Å². The third-order valence-electron chi connectivity index (χ3n) is 2.21. The molecule has 0 spiro atoms. The normalized spacial score (nSPS) is 10.5. The summed E-state index contributed by atoms with van der Waals surface area (Å²) in [5.74, 6) is 0.681. The summed E-state index contributed by atoms with van der Waals surface area (Å²) in [7, 11) is 1.90. The maximum absolute atomic E-state index is 11.5. The molecule has 0 radical (unpaired) electrons. The van der Waals surface area contributed by atoms with Crippen molar-refractivity contribution >= 4 is 39.7 Å². The summed E-state index contributed by atoms with van der Waals surface area (Å²) in [5.41, 5.74) is 0.879. The van der Waals surface area contributed by atoms with E-state index < -0.39 is 0 Å². The molecular weight excluding hydrogens is 351 g/mol. The average molecular weight is 362 g/mol. The van der Waals surface area contributed by atoms with E-state index in [9.17, 15) is 4.79 Å². The zero-order chi connectivity index (χ0) is 12.4. The van der Waals surface area contributed by atoms with Crippen molar-refractivity contribution < 1.29 is 0 Å².